The van der Waals surface area contributed by atoms with E-state index in [1.807, 2.05) is 63.0 Å². The minimum Gasteiger partial charge on any atom is -0.344 e. The molecule has 2 aromatic carbocycles. The summed E-state index contributed by atoms with van der Waals surface area (Å²) in [5.74, 6) is -2.59. The highest BCUT2D eigenvalue weighted by molar-refractivity contribution is 7.86. The Balaban J connectivity index is 1.58. The number of amides is 2. The molecular weight excluding hydrogens is 924 g/mol. The smallest absolute Gasteiger partial charge is 0.333 e. The van der Waals surface area contributed by atoms with E-state index in [2.05, 4.69) is 4.99 Å². The third-order valence-corrected chi connectivity index (χ3v) is 13.8. The fourth-order valence-electron chi connectivity index (χ4n) is 7.46. The van der Waals surface area contributed by atoms with Crippen LogP contribution in [0.25, 0.3) is 5.57 Å². The topological polar surface area (TPSA) is 255 Å². The number of amidine groups is 1. The fourth-order valence-corrected chi connectivity index (χ4v) is 9.06. The lowest BCUT2D eigenvalue weighted by Crippen LogP contribution is -2.32. The standard InChI is InChI=1S/C44H51ClN4O13S3/c1-6-32(45)27-35-42(46-23-7-25-63(53,54)55)47-37(43(35,2)3)18-14-31(30-12-9-29(10-13-30)11-22-41(52)62-49-39(50)20-21-40(49)51)15-19-38-44(4,5)34-28-33(65(59,60)61)16-17-36(34)48(38)24-8-26-64(56,57)58/h6,9-10,12-19,27-28H,7-8,11,20-26H2,1-5H3,(H,53,54,55)(H,56,57,58)(H,59,60,61)/b18-14+,31-15-,32-6+,35-27?,38-19+,46-42?. The first-order valence-corrected chi connectivity index (χ1v) is 25.5. The number of aliphatic imine (C=N–C) groups is 2. The van der Waals surface area contributed by atoms with Crippen molar-refractivity contribution < 1.29 is 58.1 Å². The van der Waals surface area contributed by atoms with Gasteiger partial charge in [0, 0.05) is 58.8 Å². The largest absolute Gasteiger partial charge is 0.344 e. The minimum absolute atomic E-state index is 0.0174. The van der Waals surface area contributed by atoms with E-state index >= 15 is 0 Å². The zero-order valence-electron chi connectivity index (χ0n) is 36.4. The van der Waals surface area contributed by atoms with Gasteiger partial charge in [0.15, 0.2) is 5.84 Å². The lowest BCUT2D eigenvalue weighted by molar-refractivity contribution is -0.197. The van der Waals surface area contributed by atoms with Gasteiger partial charge in [-0.15, -0.1) is 5.06 Å². The zero-order valence-corrected chi connectivity index (χ0v) is 39.6. The van der Waals surface area contributed by atoms with Crippen LogP contribution in [0.15, 0.2) is 110 Å². The van der Waals surface area contributed by atoms with Gasteiger partial charge >= 0.3 is 5.97 Å². The van der Waals surface area contributed by atoms with Gasteiger partial charge in [-0.05, 0) is 84.9 Å². The van der Waals surface area contributed by atoms with Gasteiger partial charge in [-0.3, -0.25) is 28.2 Å². The second-order valence-electron chi connectivity index (χ2n) is 16.5. The van der Waals surface area contributed by atoms with Crippen LogP contribution in [0.3, 0.4) is 0 Å². The Morgan fingerprint density at radius 2 is 1.54 bits per heavy atom. The summed E-state index contributed by atoms with van der Waals surface area (Å²) >= 11 is 6.46. The van der Waals surface area contributed by atoms with Crippen LogP contribution in [0.2, 0.25) is 0 Å². The highest BCUT2D eigenvalue weighted by Gasteiger charge is 2.41. The molecule has 3 N–H and O–H groups in total. The second-order valence-corrected chi connectivity index (χ2v) is 21.5. The molecule has 1 fully saturated rings. The van der Waals surface area contributed by atoms with Crippen molar-refractivity contribution in [3.05, 3.63) is 112 Å². The number of imide groups is 1. The Morgan fingerprint density at radius 1 is 0.908 bits per heavy atom. The van der Waals surface area contributed by atoms with E-state index in [-0.39, 0.29) is 56.5 Å². The molecule has 0 bridgehead atoms. The van der Waals surface area contributed by atoms with Gasteiger partial charge in [-0.2, -0.15) is 25.3 Å². The summed E-state index contributed by atoms with van der Waals surface area (Å²) in [6.07, 6.45) is 10.8. The molecule has 65 heavy (non-hydrogen) atoms. The molecule has 3 heterocycles. The first kappa shape index (κ1) is 50.9. The van der Waals surface area contributed by atoms with E-state index < -0.39 is 70.5 Å². The number of carbonyl (C=O) groups excluding carboxylic acids is 3. The maximum atomic E-state index is 12.5. The van der Waals surface area contributed by atoms with Crippen LogP contribution in [-0.2, 0) is 61.4 Å². The molecule has 2 aromatic rings. The van der Waals surface area contributed by atoms with Crippen molar-refractivity contribution in [2.75, 3.05) is 29.5 Å². The third kappa shape index (κ3) is 13.1. The highest BCUT2D eigenvalue weighted by Crippen LogP contribution is 2.49. The number of hydroxylamine groups is 2. The average molecular weight is 976 g/mol. The van der Waals surface area contributed by atoms with E-state index in [1.165, 1.54) is 18.2 Å². The number of aryl methyl sites for hydroxylation is 1. The second kappa shape index (κ2) is 20.2. The van der Waals surface area contributed by atoms with Gasteiger partial charge in [0.2, 0.25) is 0 Å². The molecule has 0 radical (unpaired) electrons. The minimum atomic E-state index is -4.58. The molecule has 0 aromatic heterocycles. The lowest BCUT2D eigenvalue weighted by Gasteiger charge is -2.27. The van der Waals surface area contributed by atoms with E-state index in [0.717, 1.165) is 5.56 Å². The molecule has 350 valence electrons. The van der Waals surface area contributed by atoms with Crippen LogP contribution in [0.4, 0.5) is 5.69 Å². The monoisotopic (exact) mass is 974 g/mol. The van der Waals surface area contributed by atoms with Crippen molar-refractivity contribution in [1.82, 2.24) is 5.06 Å². The molecule has 5 rings (SSSR count). The summed E-state index contributed by atoms with van der Waals surface area (Å²) in [6, 6.07) is 11.4. The summed E-state index contributed by atoms with van der Waals surface area (Å²) in [5.41, 5.74) is 3.39. The lowest BCUT2D eigenvalue weighted by atomic mass is 9.80. The number of hydrogen-bond acceptors (Lipinski definition) is 12. The van der Waals surface area contributed by atoms with Gasteiger partial charge < -0.3 is 9.74 Å². The Kier molecular flexibility index (Phi) is 15.8. The Morgan fingerprint density at radius 3 is 2.14 bits per heavy atom. The van der Waals surface area contributed by atoms with Gasteiger partial charge in [0.1, 0.15) is 0 Å². The molecule has 0 unspecified atom stereocenters. The molecule has 1 saturated heterocycles. The van der Waals surface area contributed by atoms with E-state index in [0.29, 0.717) is 55.3 Å². The van der Waals surface area contributed by atoms with Crippen LogP contribution in [0, 0.1) is 5.41 Å². The van der Waals surface area contributed by atoms with Gasteiger partial charge in [-0.1, -0.05) is 81.8 Å². The summed E-state index contributed by atoms with van der Waals surface area (Å²) in [7, 11) is -13.1. The number of hydrogen-bond donors (Lipinski definition) is 3. The zero-order chi connectivity index (χ0) is 48.1. The molecule has 2 amide bonds. The number of rotatable bonds is 18. The normalized spacial score (nSPS) is 19.9. The molecule has 3 aliphatic rings. The molecule has 21 heteroatoms. The number of allylic oxidation sites excluding steroid dienone is 9. The highest BCUT2D eigenvalue weighted by atomic mass is 35.5. The van der Waals surface area contributed by atoms with Crippen molar-refractivity contribution in [1.29, 1.82) is 0 Å². The molecule has 0 spiro atoms. The Bertz CT molecular complexity index is 2790. The molecular formula is C44H51ClN4O13S3. The number of fused-ring (bicyclic) bond motifs is 1. The first-order valence-electron chi connectivity index (χ1n) is 20.5. The van der Waals surface area contributed by atoms with E-state index in [4.69, 9.17) is 21.4 Å². The van der Waals surface area contributed by atoms with Crippen molar-refractivity contribution in [3.8, 4) is 0 Å². The van der Waals surface area contributed by atoms with E-state index in [9.17, 15) is 53.3 Å². The summed E-state index contributed by atoms with van der Waals surface area (Å²) < 4.78 is 99.2. The van der Waals surface area contributed by atoms with Crippen molar-refractivity contribution in [2.24, 2.45) is 15.4 Å². The predicted octanol–water partition coefficient (Wildman–Crippen LogP) is 6.60. The van der Waals surface area contributed by atoms with Crippen molar-refractivity contribution >= 4 is 82.5 Å². The number of benzene rings is 2. The summed E-state index contributed by atoms with van der Waals surface area (Å²) in [6.45, 7) is 9.48. The van der Waals surface area contributed by atoms with Crippen LogP contribution in [-0.4, -0.2) is 97.9 Å². The summed E-state index contributed by atoms with van der Waals surface area (Å²) in [4.78, 5) is 52.3. The van der Waals surface area contributed by atoms with Crippen molar-refractivity contribution in [2.45, 2.75) is 83.5 Å². The van der Waals surface area contributed by atoms with Crippen LogP contribution in [0.5, 0.6) is 0 Å². The Labute approximate surface area is 384 Å². The number of nitrogens with zero attached hydrogens (tertiary/aromatic N) is 4. The van der Waals surface area contributed by atoms with Gasteiger partial charge in [0.05, 0.1) is 28.5 Å². The van der Waals surface area contributed by atoms with Gasteiger partial charge in [0.25, 0.3) is 42.2 Å². The molecule has 0 atom stereocenters. The maximum absolute atomic E-state index is 12.5. The molecule has 17 nitrogen and oxygen atoms in total. The molecule has 0 saturated carbocycles. The maximum Gasteiger partial charge on any atom is 0.333 e. The van der Waals surface area contributed by atoms with E-state index in [1.54, 1.807) is 37.3 Å². The quantitative estimate of drug-likeness (QED) is 0.0616. The van der Waals surface area contributed by atoms with Crippen LogP contribution in [0.1, 0.15) is 83.4 Å². The number of halogens is 1. The molecule has 0 aliphatic carbocycles. The fraction of sp³-hybridized carbons (Fsp3) is 0.386. The van der Waals surface area contributed by atoms with Gasteiger partial charge in [-0.25, -0.2) is 9.79 Å². The average Bonchev–Trinajstić information content (AvgIpc) is 3.74. The van der Waals surface area contributed by atoms with Crippen LogP contribution < -0.4 is 4.90 Å². The van der Waals surface area contributed by atoms with Crippen LogP contribution >= 0.6 is 11.6 Å². The first-order chi connectivity index (χ1) is 30.2. The number of carbonyl (C=O) groups is 3. The predicted molar refractivity (Wildman–Crippen MR) is 247 cm³/mol. The number of anilines is 1. The summed E-state index contributed by atoms with van der Waals surface area (Å²) in [5, 5.41) is 0.918. The third-order valence-electron chi connectivity index (χ3n) is 11.1. The Hall–Kier alpha value is -5.09. The SMILES string of the molecule is C/C=C(/Cl)C=C1C(=NCCCS(=O)(=O)O)N=C(/C=C/C(=C/C=C2/N(CCCS(=O)(=O)O)c3ccc(S(=O)(=O)O)cc3C2(C)C)c2ccc(CCC(=O)ON3C(=O)CCC3=O)cc2)C1(C)C. The van der Waals surface area contributed by atoms with Crippen molar-refractivity contribution in [3.63, 3.8) is 0 Å². The molecule has 3 aliphatic heterocycles.